The van der Waals surface area contributed by atoms with Crippen LogP contribution in [0, 0.1) is 15.3 Å². The molecule has 1 amide bonds. The first-order valence-electron chi connectivity index (χ1n) is 6.33. The molecule has 102 valence electrons. The molecule has 1 aliphatic heterocycles. The Morgan fingerprint density at radius 3 is 2.89 bits per heavy atom. The molecule has 1 aromatic carbocycles. The topological polar surface area (TPSA) is 37.4 Å². The molecule has 3 nitrogen and oxygen atoms in total. The number of ketones is 1. The molecule has 1 saturated heterocycles. The molecule has 0 aromatic heterocycles. The van der Waals surface area contributed by atoms with Gasteiger partial charge in [-0.25, -0.2) is 4.39 Å². The third-order valence-electron chi connectivity index (χ3n) is 3.38. The molecular formula is C14H15FINO2. The van der Waals surface area contributed by atoms with E-state index in [0.717, 1.165) is 9.99 Å². The van der Waals surface area contributed by atoms with E-state index in [1.165, 1.54) is 11.0 Å². The van der Waals surface area contributed by atoms with E-state index < -0.39 is 11.7 Å². The molecule has 0 spiro atoms. The fourth-order valence-corrected chi connectivity index (χ4v) is 2.81. The lowest BCUT2D eigenvalue weighted by Crippen LogP contribution is -2.44. The number of halogens is 2. The molecule has 1 aliphatic rings. The first-order valence-corrected chi connectivity index (χ1v) is 7.41. The van der Waals surface area contributed by atoms with Gasteiger partial charge in [0.1, 0.15) is 11.6 Å². The van der Waals surface area contributed by atoms with Crippen LogP contribution in [0.1, 0.15) is 26.2 Å². The van der Waals surface area contributed by atoms with Crippen LogP contribution in [0.2, 0.25) is 0 Å². The van der Waals surface area contributed by atoms with Crippen LogP contribution in [0.15, 0.2) is 18.2 Å². The Morgan fingerprint density at radius 1 is 1.53 bits per heavy atom. The average molecular weight is 375 g/mol. The Labute approximate surface area is 125 Å². The lowest BCUT2D eigenvalue weighted by atomic mass is 9.91. The number of piperidine rings is 1. The van der Waals surface area contributed by atoms with Gasteiger partial charge >= 0.3 is 0 Å². The van der Waals surface area contributed by atoms with E-state index in [0.29, 0.717) is 19.4 Å². The zero-order chi connectivity index (χ0) is 14.0. The maximum atomic E-state index is 13.9. The fourth-order valence-electron chi connectivity index (χ4n) is 2.36. The van der Waals surface area contributed by atoms with Gasteiger partial charge in [-0.2, -0.15) is 0 Å². The summed E-state index contributed by atoms with van der Waals surface area (Å²) in [5.74, 6) is -1.33. The number of anilines is 1. The number of benzene rings is 1. The Hall–Kier alpha value is -0.980. The molecule has 0 N–H and O–H groups in total. The summed E-state index contributed by atoms with van der Waals surface area (Å²) in [4.78, 5) is 25.5. The van der Waals surface area contributed by atoms with Gasteiger partial charge in [0.15, 0.2) is 0 Å². The minimum atomic E-state index is -0.600. The molecular weight excluding hydrogens is 360 g/mol. The molecule has 2 rings (SSSR count). The summed E-state index contributed by atoms with van der Waals surface area (Å²) >= 11 is 2.02. The molecule has 0 bridgehead atoms. The van der Waals surface area contributed by atoms with E-state index in [2.05, 4.69) is 0 Å². The number of nitrogens with zero attached hydrogens (tertiary/aromatic N) is 1. The van der Waals surface area contributed by atoms with Gasteiger partial charge < -0.3 is 4.90 Å². The summed E-state index contributed by atoms with van der Waals surface area (Å²) in [6, 6.07) is 4.76. The number of carbonyl (C=O) groups is 2. The lowest BCUT2D eigenvalue weighted by Gasteiger charge is -2.31. The van der Waals surface area contributed by atoms with Crippen molar-refractivity contribution in [3.63, 3.8) is 0 Å². The molecule has 1 aromatic rings. The first kappa shape index (κ1) is 14.4. The largest absolute Gasteiger partial charge is 0.309 e. The Bertz CT molecular complexity index is 518. The number of carbonyl (C=O) groups excluding carboxylic acids is 2. The zero-order valence-corrected chi connectivity index (χ0v) is 12.8. The maximum absolute atomic E-state index is 13.9. The van der Waals surface area contributed by atoms with Crippen LogP contribution in [0.5, 0.6) is 0 Å². The molecule has 5 heteroatoms. The van der Waals surface area contributed by atoms with Crippen molar-refractivity contribution in [2.24, 2.45) is 5.92 Å². The number of Topliss-reactive ketones (excluding diaryl/α,β-unsaturated/α-hetero) is 1. The molecule has 0 aliphatic carbocycles. The van der Waals surface area contributed by atoms with Gasteiger partial charge in [-0.1, -0.05) is 6.92 Å². The lowest BCUT2D eigenvalue weighted by molar-refractivity contribution is -0.133. The van der Waals surface area contributed by atoms with Crippen molar-refractivity contribution < 1.29 is 14.0 Å². The second kappa shape index (κ2) is 5.98. The summed E-state index contributed by atoms with van der Waals surface area (Å²) in [5, 5.41) is 0. The van der Waals surface area contributed by atoms with Crippen LogP contribution in [0.3, 0.4) is 0 Å². The van der Waals surface area contributed by atoms with Crippen LogP contribution in [-0.4, -0.2) is 18.2 Å². The molecule has 1 atom stereocenters. The van der Waals surface area contributed by atoms with E-state index in [1.807, 2.05) is 22.6 Å². The summed E-state index contributed by atoms with van der Waals surface area (Å²) < 4.78 is 14.7. The van der Waals surface area contributed by atoms with Crippen LogP contribution in [0.4, 0.5) is 10.1 Å². The van der Waals surface area contributed by atoms with Crippen molar-refractivity contribution in [1.29, 1.82) is 0 Å². The van der Waals surface area contributed by atoms with E-state index in [4.69, 9.17) is 0 Å². The van der Waals surface area contributed by atoms with Gasteiger partial charge in [-0.15, -0.1) is 0 Å². The minimum absolute atomic E-state index is 0.0550. The second-order valence-corrected chi connectivity index (χ2v) is 5.85. The summed E-state index contributed by atoms with van der Waals surface area (Å²) in [6.07, 6.45) is 1.65. The standard InChI is InChI=1S/C14H15FINO2/c1-2-13(18)10-4-3-7-17(14(10)19)12-6-5-9(16)8-11(12)15/h5-6,8,10H,2-4,7H2,1H3/t10-/m1/s1. The van der Waals surface area contributed by atoms with Crippen molar-refractivity contribution in [2.45, 2.75) is 26.2 Å². The Kier molecular flexibility index (Phi) is 4.54. The number of hydrogen-bond donors (Lipinski definition) is 0. The highest BCUT2D eigenvalue weighted by molar-refractivity contribution is 14.1. The molecule has 19 heavy (non-hydrogen) atoms. The summed E-state index contributed by atoms with van der Waals surface area (Å²) in [7, 11) is 0. The Morgan fingerprint density at radius 2 is 2.26 bits per heavy atom. The van der Waals surface area contributed by atoms with Crippen molar-refractivity contribution in [2.75, 3.05) is 11.4 Å². The Balaban J connectivity index is 2.29. The van der Waals surface area contributed by atoms with Gasteiger partial charge in [0.2, 0.25) is 5.91 Å². The highest BCUT2D eigenvalue weighted by Crippen LogP contribution is 2.28. The van der Waals surface area contributed by atoms with Crippen molar-refractivity contribution in [1.82, 2.24) is 0 Å². The van der Waals surface area contributed by atoms with Gasteiger partial charge in [-0.3, -0.25) is 9.59 Å². The van der Waals surface area contributed by atoms with Crippen LogP contribution in [0.25, 0.3) is 0 Å². The predicted molar refractivity (Wildman–Crippen MR) is 79.5 cm³/mol. The SMILES string of the molecule is CCC(=O)[C@H]1CCCN(c2ccc(I)cc2F)C1=O. The maximum Gasteiger partial charge on any atom is 0.237 e. The molecule has 1 heterocycles. The molecule has 1 fully saturated rings. The highest BCUT2D eigenvalue weighted by atomic mass is 127. The molecule has 0 radical (unpaired) electrons. The predicted octanol–water partition coefficient (Wildman–Crippen LogP) is 3.15. The first-order chi connectivity index (χ1) is 9.04. The third kappa shape index (κ3) is 2.96. The number of amides is 1. The van der Waals surface area contributed by atoms with Crippen molar-refractivity contribution in [3.8, 4) is 0 Å². The van der Waals surface area contributed by atoms with Gasteiger partial charge in [0.25, 0.3) is 0 Å². The fraction of sp³-hybridized carbons (Fsp3) is 0.429. The summed E-state index contributed by atoms with van der Waals surface area (Å²) in [6.45, 7) is 2.23. The monoisotopic (exact) mass is 375 g/mol. The minimum Gasteiger partial charge on any atom is -0.309 e. The van der Waals surface area contributed by atoms with E-state index in [1.54, 1.807) is 19.1 Å². The summed E-state index contributed by atoms with van der Waals surface area (Å²) in [5.41, 5.74) is 0.277. The van der Waals surface area contributed by atoms with Crippen LogP contribution >= 0.6 is 22.6 Å². The highest BCUT2D eigenvalue weighted by Gasteiger charge is 2.34. The van der Waals surface area contributed by atoms with Crippen LogP contribution < -0.4 is 4.90 Å². The third-order valence-corrected chi connectivity index (χ3v) is 4.05. The van der Waals surface area contributed by atoms with Crippen molar-refractivity contribution >= 4 is 40.0 Å². The zero-order valence-electron chi connectivity index (χ0n) is 10.7. The number of rotatable bonds is 3. The van der Waals surface area contributed by atoms with Gasteiger partial charge in [0, 0.05) is 16.5 Å². The van der Waals surface area contributed by atoms with E-state index >= 15 is 0 Å². The van der Waals surface area contributed by atoms with Crippen LogP contribution in [-0.2, 0) is 9.59 Å². The quantitative estimate of drug-likeness (QED) is 0.601. The number of hydrogen-bond acceptors (Lipinski definition) is 2. The molecule has 0 unspecified atom stereocenters. The average Bonchev–Trinajstić information content (AvgIpc) is 2.39. The smallest absolute Gasteiger partial charge is 0.237 e. The van der Waals surface area contributed by atoms with E-state index in [9.17, 15) is 14.0 Å². The normalized spacial score (nSPS) is 19.6. The van der Waals surface area contributed by atoms with Gasteiger partial charge in [0.05, 0.1) is 11.6 Å². The van der Waals surface area contributed by atoms with Gasteiger partial charge in [-0.05, 0) is 53.6 Å². The van der Waals surface area contributed by atoms with E-state index in [-0.39, 0.29) is 17.4 Å². The second-order valence-electron chi connectivity index (χ2n) is 4.60. The van der Waals surface area contributed by atoms with Crippen molar-refractivity contribution in [3.05, 3.63) is 27.6 Å². The molecule has 0 saturated carbocycles.